The second kappa shape index (κ2) is 6.58. The Hall–Kier alpha value is -2.54. The first-order valence-electron chi connectivity index (χ1n) is 6.29. The van der Waals surface area contributed by atoms with Gasteiger partial charge in [0.25, 0.3) is 0 Å². The van der Waals surface area contributed by atoms with E-state index in [2.05, 4.69) is 11.4 Å². The van der Waals surface area contributed by atoms with Crippen LogP contribution in [0, 0.1) is 17.1 Å². The fraction of sp³-hybridized carbons (Fsp3) is 0.188. The van der Waals surface area contributed by atoms with Gasteiger partial charge in [0.05, 0.1) is 18.4 Å². The molecule has 0 radical (unpaired) electrons. The Bertz CT molecular complexity index is 635. The summed E-state index contributed by atoms with van der Waals surface area (Å²) < 4.78 is 18.2. The van der Waals surface area contributed by atoms with Gasteiger partial charge in [0.2, 0.25) is 0 Å². The molecule has 0 aliphatic carbocycles. The lowest BCUT2D eigenvalue weighted by molar-refractivity contribution is 0.415. The first kappa shape index (κ1) is 13.9. The van der Waals surface area contributed by atoms with Crippen molar-refractivity contribution in [2.24, 2.45) is 0 Å². The van der Waals surface area contributed by atoms with E-state index in [1.165, 1.54) is 12.1 Å². The van der Waals surface area contributed by atoms with E-state index in [1.807, 2.05) is 6.07 Å². The van der Waals surface area contributed by atoms with Crippen molar-refractivity contribution in [3.05, 3.63) is 59.4 Å². The van der Waals surface area contributed by atoms with Gasteiger partial charge in [-0.05, 0) is 36.2 Å². The summed E-state index contributed by atoms with van der Waals surface area (Å²) in [4.78, 5) is 0. The number of hydrogen-bond donors (Lipinski definition) is 1. The SMILES string of the molecule is COc1ccc(C#N)c(NCCc2cccc(F)c2)c1. The molecule has 0 aliphatic heterocycles. The number of benzene rings is 2. The van der Waals surface area contributed by atoms with Gasteiger partial charge in [-0.15, -0.1) is 0 Å². The molecule has 0 saturated carbocycles. The van der Waals surface area contributed by atoms with Gasteiger partial charge in [-0.2, -0.15) is 5.26 Å². The van der Waals surface area contributed by atoms with E-state index in [-0.39, 0.29) is 5.82 Å². The zero-order valence-electron chi connectivity index (χ0n) is 11.2. The number of nitriles is 1. The second-order valence-corrected chi connectivity index (χ2v) is 4.33. The van der Waals surface area contributed by atoms with E-state index >= 15 is 0 Å². The third-order valence-corrected chi connectivity index (χ3v) is 2.97. The summed E-state index contributed by atoms with van der Waals surface area (Å²) in [6.45, 7) is 0.616. The fourth-order valence-corrected chi connectivity index (χ4v) is 1.93. The van der Waals surface area contributed by atoms with E-state index < -0.39 is 0 Å². The van der Waals surface area contributed by atoms with Crippen molar-refractivity contribution in [1.29, 1.82) is 5.26 Å². The summed E-state index contributed by atoms with van der Waals surface area (Å²) in [5.41, 5.74) is 2.20. The highest BCUT2D eigenvalue weighted by Gasteiger charge is 2.04. The predicted molar refractivity (Wildman–Crippen MR) is 76.3 cm³/mol. The highest BCUT2D eigenvalue weighted by molar-refractivity contribution is 5.60. The molecule has 0 aliphatic rings. The third-order valence-electron chi connectivity index (χ3n) is 2.97. The highest BCUT2D eigenvalue weighted by Crippen LogP contribution is 2.21. The summed E-state index contributed by atoms with van der Waals surface area (Å²) >= 11 is 0. The smallest absolute Gasteiger partial charge is 0.123 e. The molecule has 20 heavy (non-hydrogen) atoms. The minimum atomic E-state index is -0.235. The molecule has 2 aromatic rings. The predicted octanol–water partition coefficient (Wildman–Crippen LogP) is 3.36. The average Bonchev–Trinajstić information content (AvgIpc) is 2.47. The Balaban J connectivity index is 2.02. The van der Waals surface area contributed by atoms with E-state index in [9.17, 15) is 4.39 Å². The molecule has 102 valence electrons. The van der Waals surface area contributed by atoms with E-state index in [0.717, 1.165) is 11.3 Å². The number of nitrogens with one attached hydrogen (secondary N) is 1. The number of ether oxygens (including phenoxy) is 1. The van der Waals surface area contributed by atoms with Gasteiger partial charge in [0.15, 0.2) is 0 Å². The molecule has 0 aromatic heterocycles. The number of nitrogens with zero attached hydrogens (tertiary/aromatic N) is 1. The van der Waals surface area contributed by atoms with Gasteiger partial charge in [-0.25, -0.2) is 4.39 Å². The molecule has 4 heteroatoms. The maximum atomic E-state index is 13.1. The molecule has 3 nitrogen and oxygen atoms in total. The van der Waals surface area contributed by atoms with Crippen LogP contribution in [-0.2, 0) is 6.42 Å². The molecule has 0 saturated heterocycles. The fourth-order valence-electron chi connectivity index (χ4n) is 1.93. The van der Waals surface area contributed by atoms with Crippen LogP contribution in [0.3, 0.4) is 0 Å². The van der Waals surface area contributed by atoms with Gasteiger partial charge in [0.1, 0.15) is 17.6 Å². The lowest BCUT2D eigenvalue weighted by Crippen LogP contribution is -2.06. The van der Waals surface area contributed by atoms with Crippen molar-refractivity contribution in [3.63, 3.8) is 0 Å². The van der Waals surface area contributed by atoms with Crippen molar-refractivity contribution >= 4 is 5.69 Å². The van der Waals surface area contributed by atoms with Gasteiger partial charge >= 0.3 is 0 Å². The standard InChI is InChI=1S/C16H15FN2O/c1-20-15-6-5-13(11-18)16(10-15)19-8-7-12-3-2-4-14(17)9-12/h2-6,9-10,19H,7-8H2,1H3. The molecular formula is C16H15FN2O. The zero-order valence-corrected chi connectivity index (χ0v) is 11.2. The molecular weight excluding hydrogens is 255 g/mol. The van der Waals surface area contributed by atoms with E-state index in [4.69, 9.17) is 10.00 Å². The van der Waals surface area contributed by atoms with Crippen LogP contribution in [0.25, 0.3) is 0 Å². The lowest BCUT2D eigenvalue weighted by Gasteiger charge is -2.10. The third kappa shape index (κ3) is 3.48. The molecule has 0 bridgehead atoms. The molecule has 0 amide bonds. The van der Waals surface area contributed by atoms with Crippen LogP contribution in [0.5, 0.6) is 5.75 Å². The Kier molecular flexibility index (Phi) is 4.56. The Morgan fingerprint density at radius 1 is 1.25 bits per heavy atom. The number of anilines is 1. The Morgan fingerprint density at radius 3 is 2.80 bits per heavy atom. The van der Waals surface area contributed by atoms with Crippen LogP contribution < -0.4 is 10.1 Å². The zero-order chi connectivity index (χ0) is 14.4. The summed E-state index contributed by atoms with van der Waals surface area (Å²) in [6.07, 6.45) is 0.680. The van der Waals surface area contributed by atoms with Gasteiger partial charge in [-0.1, -0.05) is 12.1 Å². The van der Waals surface area contributed by atoms with Gasteiger partial charge in [0, 0.05) is 12.6 Å². The van der Waals surface area contributed by atoms with Crippen LogP contribution in [-0.4, -0.2) is 13.7 Å². The van der Waals surface area contributed by atoms with Crippen LogP contribution in [0.2, 0.25) is 0 Å². The quantitative estimate of drug-likeness (QED) is 0.906. The average molecular weight is 270 g/mol. The van der Waals surface area contributed by atoms with Crippen molar-refractivity contribution in [2.75, 3.05) is 19.0 Å². The monoisotopic (exact) mass is 270 g/mol. The van der Waals surface area contributed by atoms with Crippen LogP contribution >= 0.6 is 0 Å². The molecule has 0 atom stereocenters. The lowest BCUT2D eigenvalue weighted by atomic mass is 10.1. The maximum Gasteiger partial charge on any atom is 0.123 e. The molecule has 0 fully saturated rings. The summed E-state index contributed by atoms with van der Waals surface area (Å²) in [5.74, 6) is 0.457. The van der Waals surface area contributed by atoms with E-state index in [0.29, 0.717) is 24.3 Å². The number of methoxy groups -OCH3 is 1. The molecule has 0 spiro atoms. The molecule has 2 rings (SSSR count). The Morgan fingerprint density at radius 2 is 2.10 bits per heavy atom. The Labute approximate surface area is 117 Å². The second-order valence-electron chi connectivity index (χ2n) is 4.33. The molecule has 2 aromatic carbocycles. The maximum absolute atomic E-state index is 13.1. The van der Waals surface area contributed by atoms with E-state index in [1.54, 1.807) is 31.4 Å². The van der Waals surface area contributed by atoms with Crippen molar-refractivity contribution in [3.8, 4) is 11.8 Å². The van der Waals surface area contributed by atoms with Crippen molar-refractivity contribution in [2.45, 2.75) is 6.42 Å². The van der Waals surface area contributed by atoms with Crippen molar-refractivity contribution < 1.29 is 9.13 Å². The number of hydrogen-bond acceptors (Lipinski definition) is 3. The van der Waals surface area contributed by atoms with Gasteiger partial charge in [-0.3, -0.25) is 0 Å². The summed E-state index contributed by atoms with van der Waals surface area (Å²) in [5, 5.41) is 12.2. The molecule has 1 N–H and O–H groups in total. The number of halogens is 1. The first-order valence-corrected chi connectivity index (χ1v) is 6.29. The van der Waals surface area contributed by atoms with Gasteiger partial charge < -0.3 is 10.1 Å². The molecule has 0 unspecified atom stereocenters. The minimum absolute atomic E-state index is 0.235. The topological polar surface area (TPSA) is 45.0 Å². The summed E-state index contributed by atoms with van der Waals surface area (Å²) in [6, 6.07) is 13.9. The van der Waals surface area contributed by atoms with Crippen LogP contribution in [0.1, 0.15) is 11.1 Å². The number of rotatable bonds is 5. The first-order chi connectivity index (χ1) is 9.72. The van der Waals surface area contributed by atoms with Crippen LogP contribution in [0.15, 0.2) is 42.5 Å². The highest BCUT2D eigenvalue weighted by atomic mass is 19.1. The summed E-state index contributed by atoms with van der Waals surface area (Å²) in [7, 11) is 1.58. The minimum Gasteiger partial charge on any atom is -0.497 e. The molecule has 0 heterocycles. The van der Waals surface area contributed by atoms with Crippen LogP contribution in [0.4, 0.5) is 10.1 Å². The normalized spacial score (nSPS) is 9.85. The largest absolute Gasteiger partial charge is 0.497 e. The van der Waals surface area contributed by atoms with Crippen molar-refractivity contribution in [1.82, 2.24) is 0 Å².